The van der Waals surface area contributed by atoms with Gasteiger partial charge in [-0.3, -0.25) is 4.79 Å². The number of nitrogens with one attached hydrogen (secondary N) is 1. The Morgan fingerprint density at radius 3 is 2.35 bits per heavy atom. The van der Waals surface area contributed by atoms with Gasteiger partial charge in [0.2, 0.25) is 0 Å². The number of phenols is 1. The molecular weight excluding hydrogens is 276 g/mol. The molecule has 1 aliphatic carbocycles. The lowest BCUT2D eigenvalue weighted by Crippen LogP contribution is -2.76. The van der Waals surface area contributed by atoms with Crippen LogP contribution in [-0.4, -0.2) is 23.1 Å². The van der Waals surface area contributed by atoms with Crippen LogP contribution in [0.25, 0.3) is 0 Å². The van der Waals surface area contributed by atoms with Gasteiger partial charge in [-0.1, -0.05) is 39.3 Å². The fraction of sp³-hybridized carbons (Fsp3) is 0.533. The first-order valence-corrected chi connectivity index (χ1v) is 7.01. The van der Waals surface area contributed by atoms with Crippen LogP contribution in [0.3, 0.4) is 0 Å². The van der Waals surface area contributed by atoms with Crippen LogP contribution in [0.15, 0.2) is 18.2 Å². The van der Waals surface area contributed by atoms with Gasteiger partial charge in [-0.2, -0.15) is 0 Å². The lowest BCUT2D eigenvalue weighted by Gasteiger charge is -2.62. The summed E-state index contributed by atoms with van der Waals surface area (Å²) in [5, 5.41) is 13.2. The minimum absolute atomic E-state index is 0.0131. The molecule has 1 amide bonds. The molecule has 4 nitrogen and oxygen atoms in total. The van der Waals surface area contributed by atoms with E-state index in [1.807, 2.05) is 27.7 Å². The van der Waals surface area contributed by atoms with Crippen molar-refractivity contribution in [2.24, 2.45) is 16.6 Å². The van der Waals surface area contributed by atoms with E-state index in [0.717, 1.165) is 0 Å². The van der Waals surface area contributed by atoms with E-state index in [9.17, 15) is 9.90 Å². The highest BCUT2D eigenvalue weighted by Crippen LogP contribution is 2.52. The van der Waals surface area contributed by atoms with Gasteiger partial charge in [0.1, 0.15) is 5.75 Å². The molecule has 1 aromatic rings. The molecule has 20 heavy (non-hydrogen) atoms. The molecule has 2 rings (SSSR count). The third-order valence-corrected chi connectivity index (χ3v) is 4.81. The van der Waals surface area contributed by atoms with E-state index in [1.165, 1.54) is 12.1 Å². The van der Waals surface area contributed by atoms with Gasteiger partial charge in [-0.05, 0) is 18.2 Å². The number of hydrogen-bond donors (Lipinski definition) is 3. The van der Waals surface area contributed by atoms with Crippen LogP contribution in [-0.2, 0) is 0 Å². The largest absolute Gasteiger partial charge is 0.507 e. The second-order valence-corrected chi connectivity index (χ2v) is 7.12. The number of carbonyl (C=O) groups excluding carboxylic acids is 1. The van der Waals surface area contributed by atoms with E-state index in [-0.39, 0.29) is 40.1 Å². The Morgan fingerprint density at radius 2 is 1.85 bits per heavy atom. The Morgan fingerprint density at radius 1 is 1.30 bits per heavy atom. The van der Waals surface area contributed by atoms with Crippen molar-refractivity contribution in [3.63, 3.8) is 0 Å². The average Bonchev–Trinajstić information content (AvgIpc) is 2.34. The summed E-state index contributed by atoms with van der Waals surface area (Å²) in [6, 6.07) is 4.43. The van der Waals surface area contributed by atoms with Crippen molar-refractivity contribution in [1.82, 2.24) is 5.32 Å². The van der Waals surface area contributed by atoms with E-state index in [0.29, 0.717) is 5.02 Å². The summed E-state index contributed by atoms with van der Waals surface area (Å²) < 4.78 is 0. The van der Waals surface area contributed by atoms with Crippen LogP contribution in [0.1, 0.15) is 38.1 Å². The number of nitrogens with two attached hydrogens (primary N) is 1. The third kappa shape index (κ3) is 2.17. The van der Waals surface area contributed by atoms with Gasteiger partial charge < -0.3 is 16.2 Å². The third-order valence-electron chi connectivity index (χ3n) is 4.57. The van der Waals surface area contributed by atoms with Crippen molar-refractivity contribution in [3.05, 3.63) is 28.8 Å². The average molecular weight is 297 g/mol. The van der Waals surface area contributed by atoms with Crippen molar-refractivity contribution >= 4 is 17.5 Å². The Kier molecular flexibility index (Phi) is 3.51. The monoisotopic (exact) mass is 296 g/mol. The Balaban J connectivity index is 2.20. The number of phenolic OH excluding ortho intramolecular Hbond substituents is 1. The molecule has 1 saturated carbocycles. The molecule has 110 valence electrons. The Labute approximate surface area is 124 Å². The van der Waals surface area contributed by atoms with Crippen LogP contribution in [0.4, 0.5) is 0 Å². The summed E-state index contributed by atoms with van der Waals surface area (Å²) in [5.74, 6) is -0.425. The zero-order chi connectivity index (χ0) is 15.3. The van der Waals surface area contributed by atoms with E-state index >= 15 is 0 Å². The van der Waals surface area contributed by atoms with Crippen molar-refractivity contribution in [3.8, 4) is 5.75 Å². The number of aromatic hydroxyl groups is 1. The van der Waals surface area contributed by atoms with Crippen LogP contribution < -0.4 is 11.1 Å². The van der Waals surface area contributed by atoms with Crippen LogP contribution in [0.5, 0.6) is 5.75 Å². The van der Waals surface area contributed by atoms with Crippen molar-refractivity contribution in [1.29, 1.82) is 0 Å². The van der Waals surface area contributed by atoms with Gasteiger partial charge in [0.05, 0.1) is 5.56 Å². The molecule has 0 atom stereocenters. The second kappa shape index (κ2) is 4.64. The van der Waals surface area contributed by atoms with E-state index in [2.05, 4.69) is 5.32 Å². The maximum atomic E-state index is 12.3. The Hall–Kier alpha value is -1.26. The number of rotatable bonds is 2. The van der Waals surface area contributed by atoms with E-state index in [4.69, 9.17) is 17.3 Å². The first-order valence-electron chi connectivity index (χ1n) is 6.63. The number of halogens is 1. The SMILES string of the molecule is CC1(C)C(N)C(C)(C)C1NC(=O)c1ccc(Cl)cc1O. The standard InChI is InChI=1S/C15H21ClN2O2/c1-14(2)12(17)15(3,4)13(14)18-11(20)9-6-5-8(16)7-10(9)19/h5-7,12-13,19H,17H2,1-4H3,(H,18,20). The predicted octanol–water partition coefficient (Wildman–Crippen LogP) is 2.54. The molecule has 0 bridgehead atoms. The predicted molar refractivity (Wildman–Crippen MR) is 79.9 cm³/mol. The van der Waals surface area contributed by atoms with Crippen molar-refractivity contribution in [2.45, 2.75) is 39.8 Å². The molecule has 0 aliphatic heterocycles. The van der Waals surface area contributed by atoms with Gasteiger partial charge in [0.15, 0.2) is 0 Å². The van der Waals surface area contributed by atoms with E-state index in [1.54, 1.807) is 6.07 Å². The van der Waals surface area contributed by atoms with Crippen LogP contribution >= 0.6 is 11.6 Å². The second-order valence-electron chi connectivity index (χ2n) is 6.69. The smallest absolute Gasteiger partial charge is 0.255 e. The van der Waals surface area contributed by atoms with E-state index < -0.39 is 0 Å². The molecule has 4 N–H and O–H groups in total. The first-order chi connectivity index (χ1) is 9.08. The molecule has 1 aliphatic rings. The van der Waals surface area contributed by atoms with Crippen LogP contribution in [0, 0.1) is 10.8 Å². The molecule has 0 radical (unpaired) electrons. The molecule has 0 spiro atoms. The maximum Gasteiger partial charge on any atom is 0.255 e. The minimum Gasteiger partial charge on any atom is -0.507 e. The molecule has 0 heterocycles. The van der Waals surface area contributed by atoms with Gasteiger partial charge in [-0.15, -0.1) is 0 Å². The number of benzene rings is 1. The summed E-state index contributed by atoms with van der Waals surface area (Å²) in [6.07, 6.45) is 0. The van der Waals surface area contributed by atoms with Gasteiger partial charge in [-0.25, -0.2) is 0 Å². The lowest BCUT2D eigenvalue weighted by atomic mass is 9.48. The van der Waals surface area contributed by atoms with Gasteiger partial charge in [0, 0.05) is 27.9 Å². The number of amides is 1. The lowest BCUT2D eigenvalue weighted by molar-refractivity contribution is -0.0663. The number of hydrogen-bond acceptors (Lipinski definition) is 3. The molecule has 0 unspecified atom stereocenters. The maximum absolute atomic E-state index is 12.3. The van der Waals surface area contributed by atoms with Crippen LogP contribution in [0.2, 0.25) is 5.02 Å². The topological polar surface area (TPSA) is 75.3 Å². The summed E-state index contributed by atoms with van der Waals surface area (Å²) in [7, 11) is 0. The molecule has 0 aromatic heterocycles. The highest BCUT2D eigenvalue weighted by Gasteiger charge is 2.60. The molecule has 1 aromatic carbocycles. The summed E-state index contributed by atoms with van der Waals surface area (Å²) in [4.78, 5) is 12.3. The fourth-order valence-corrected chi connectivity index (χ4v) is 3.62. The molecule has 0 saturated heterocycles. The summed E-state index contributed by atoms with van der Waals surface area (Å²) >= 11 is 5.77. The first kappa shape index (κ1) is 15.1. The highest BCUT2D eigenvalue weighted by molar-refractivity contribution is 6.30. The zero-order valence-corrected chi connectivity index (χ0v) is 13.0. The molecule has 1 fully saturated rings. The van der Waals surface area contributed by atoms with Crippen molar-refractivity contribution in [2.75, 3.05) is 0 Å². The summed E-state index contributed by atoms with van der Waals surface area (Å²) in [5.41, 5.74) is 6.04. The Bertz CT molecular complexity index is 539. The molecular formula is C15H21ClN2O2. The van der Waals surface area contributed by atoms with Gasteiger partial charge >= 0.3 is 0 Å². The quantitative estimate of drug-likeness (QED) is 0.785. The molecule has 5 heteroatoms. The van der Waals surface area contributed by atoms with Gasteiger partial charge in [0.25, 0.3) is 5.91 Å². The fourth-order valence-electron chi connectivity index (χ4n) is 3.46. The van der Waals surface area contributed by atoms with Crippen molar-refractivity contribution < 1.29 is 9.90 Å². The summed E-state index contributed by atoms with van der Waals surface area (Å²) in [6.45, 7) is 8.15. The highest BCUT2D eigenvalue weighted by atomic mass is 35.5. The minimum atomic E-state index is -0.308. The number of carbonyl (C=O) groups is 1. The zero-order valence-electron chi connectivity index (χ0n) is 12.2. The normalized spacial score (nSPS) is 26.7.